The average molecular weight is 526 g/mol. The maximum absolute atomic E-state index is 13.1. The molecule has 2 aromatic rings. The Labute approximate surface area is 226 Å². The van der Waals surface area contributed by atoms with Crippen LogP contribution in [0.2, 0.25) is 0 Å². The van der Waals surface area contributed by atoms with Crippen molar-refractivity contribution in [3.63, 3.8) is 0 Å². The molecule has 0 saturated heterocycles. The van der Waals surface area contributed by atoms with Crippen molar-refractivity contribution in [2.24, 2.45) is 17.1 Å². The van der Waals surface area contributed by atoms with Gasteiger partial charge in [0.1, 0.15) is 12.7 Å². The third kappa shape index (κ3) is 4.56. The first-order valence-electron chi connectivity index (χ1n) is 12.1. The Morgan fingerprint density at radius 2 is 1.69 bits per heavy atom. The van der Waals surface area contributed by atoms with E-state index >= 15 is 0 Å². The Morgan fingerprint density at radius 3 is 2.23 bits per heavy atom. The molecule has 0 unspecified atom stereocenters. The highest BCUT2D eigenvalue weighted by Crippen LogP contribution is 2.56. The van der Waals surface area contributed by atoms with Gasteiger partial charge in [-0.15, -0.1) is 0 Å². The van der Waals surface area contributed by atoms with Crippen LogP contribution in [0.5, 0.6) is 17.2 Å². The number of hydrogen-bond donors (Lipinski definition) is 1. The van der Waals surface area contributed by atoms with E-state index in [0.29, 0.717) is 28.4 Å². The summed E-state index contributed by atoms with van der Waals surface area (Å²) in [6, 6.07) is 18.9. The normalized spacial score (nSPS) is 19.4. The van der Waals surface area contributed by atoms with Crippen molar-refractivity contribution in [2.75, 3.05) is 34.4 Å². The van der Waals surface area contributed by atoms with Crippen LogP contribution >= 0.6 is 0 Å². The number of fused-ring (bicyclic) bond motifs is 1. The summed E-state index contributed by atoms with van der Waals surface area (Å²) in [4.78, 5) is 14.6. The zero-order chi connectivity index (χ0) is 28.2. The van der Waals surface area contributed by atoms with E-state index in [0.717, 1.165) is 5.56 Å². The molecule has 1 aliphatic carbocycles. The van der Waals surface area contributed by atoms with Crippen LogP contribution in [-0.4, -0.2) is 45.4 Å². The first-order chi connectivity index (χ1) is 18.9. The Hall–Kier alpha value is -5.14. The zero-order valence-electron chi connectivity index (χ0n) is 21.8. The Kier molecular flexibility index (Phi) is 7.65. The number of nitriles is 3. The van der Waals surface area contributed by atoms with Gasteiger partial charge in [0, 0.05) is 24.9 Å². The van der Waals surface area contributed by atoms with E-state index in [-0.39, 0.29) is 31.0 Å². The number of rotatable bonds is 6. The zero-order valence-corrected chi connectivity index (χ0v) is 21.8. The van der Waals surface area contributed by atoms with Crippen molar-refractivity contribution in [2.45, 2.75) is 12.5 Å². The minimum absolute atomic E-state index is 0.0732. The molecule has 1 aliphatic heterocycles. The van der Waals surface area contributed by atoms with Crippen LogP contribution < -0.4 is 19.9 Å². The maximum Gasteiger partial charge on any atom is 0.410 e. The van der Waals surface area contributed by atoms with E-state index in [4.69, 9.17) is 24.7 Å². The third-order valence-electron chi connectivity index (χ3n) is 7.17. The lowest BCUT2D eigenvalue weighted by atomic mass is 9.58. The van der Waals surface area contributed by atoms with Gasteiger partial charge in [0.25, 0.3) is 0 Å². The fourth-order valence-electron chi connectivity index (χ4n) is 5.30. The maximum atomic E-state index is 13.1. The lowest BCUT2D eigenvalue weighted by Gasteiger charge is -2.45. The van der Waals surface area contributed by atoms with Crippen molar-refractivity contribution in [3.05, 3.63) is 76.5 Å². The number of methoxy groups -OCH3 is 3. The Morgan fingerprint density at radius 1 is 1.05 bits per heavy atom. The minimum atomic E-state index is -1.91. The number of amides is 1. The Bertz CT molecular complexity index is 1420. The van der Waals surface area contributed by atoms with Crippen molar-refractivity contribution < 1.29 is 23.7 Å². The lowest BCUT2D eigenvalue weighted by molar-refractivity contribution is 0.0898. The quantitative estimate of drug-likeness (QED) is 0.593. The second kappa shape index (κ2) is 11.1. The minimum Gasteiger partial charge on any atom is -0.493 e. The predicted octanol–water partition coefficient (Wildman–Crippen LogP) is 3.77. The number of carbonyl (C=O) groups is 1. The summed E-state index contributed by atoms with van der Waals surface area (Å²) in [5, 5.41) is 30.7. The van der Waals surface area contributed by atoms with Crippen molar-refractivity contribution in [1.29, 1.82) is 15.8 Å². The van der Waals surface area contributed by atoms with Gasteiger partial charge in [-0.25, -0.2) is 4.79 Å². The molecule has 0 fully saturated rings. The molecule has 0 aromatic heterocycles. The van der Waals surface area contributed by atoms with Crippen LogP contribution in [0.1, 0.15) is 17.0 Å². The summed E-state index contributed by atoms with van der Waals surface area (Å²) in [6.45, 7) is 0.348. The predicted molar refractivity (Wildman–Crippen MR) is 139 cm³/mol. The largest absolute Gasteiger partial charge is 0.493 e. The number of hydrogen-bond acceptors (Lipinski definition) is 9. The van der Waals surface area contributed by atoms with Gasteiger partial charge in [-0.2, -0.15) is 15.8 Å². The second-order valence-electron chi connectivity index (χ2n) is 9.08. The van der Waals surface area contributed by atoms with E-state index in [9.17, 15) is 20.6 Å². The average Bonchev–Trinajstić information content (AvgIpc) is 2.98. The summed E-state index contributed by atoms with van der Waals surface area (Å²) in [5.41, 5.74) is 6.35. The summed E-state index contributed by atoms with van der Waals surface area (Å²) < 4.78 is 22.0. The number of ether oxygens (including phenoxy) is 4. The summed E-state index contributed by atoms with van der Waals surface area (Å²) in [6.07, 6.45) is 1.17. The molecular weight excluding hydrogens is 498 g/mol. The van der Waals surface area contributed by atoms with E-state index in [1.54, 1.807) is 18.2 Å². The van der Waals surface area contributed by atoms with Crippen LogP contribution in [0, 0.1) is 45.3 Å². The third-order valence-corrected chi connectivity index (χ3v) is 7.17. The molecule has 2 aliphatic rings. The molecule has 198 valence electrons. The molecule has 0 spiro atoms. The fourth-order valence-corrected chi connectivity index (χ4v) is 5.30. The molecule has 0 bridgehead atoms. The number of allylic oxidation sites excluding steroid dienone is 2. The van der Waals surface area contributed by atoms with Gasteiger partial charge in [0.05, 0.1) is 44.7 Å². The first kappa shape index (κ1) is 26.9. The monoisotopic (exact) mass is 525 g/mol. The SMILES string of the molecule is COc1cc([C@@H]2[C@H]3CN(C(=O)OCc4ccccc4)CC=C3C(C#N)=C(N)C2(C#N)C#N)cc(OC)c1OC. The number of carbonyl (C=O) groups excluding carboxylic acids is 1. The smallest absolute Gasteiger partial charge is 0.410 e. The highest BCUT2D eigenvalue weighted by atomic mass is 16.6. The van der Waals surface area contributed by atoms with Crippen LogP contribution in [-0.2, 0) is 11.3 Å². The van der Waals surface area contributed by atoms with Crippen LogP contribution in [0.3, 0.4) is 0 Å². The molecule has 2 atom stereocenters. The van der Waals surface area contributed by atoms with Gasteiger partial charge < -0.3 is 29.6 Å². The van der Waals surface area contributed by atoms with E-state index in [1.807, 2.05) is 30.3 Å². The lowest BCUT2D eigenvalue weighted by Crippen LogP contribution is -2.49. The molecular formula is C29H27N5O5. The second-order valence-corrected chi connectivity index (χ2v) is 9.08. The number of nitrogens with two attached hydrogens (primary N) is 1. The van der Waals surface area contributed by atoms with Crippen molar-refractivity contribution >= 4 is 6.09 Å². The van der Waals surface area contributed by atoms with E-state index in [1.165, 1.54) is 26.2 Å². The van der Waals surface area contributed by atoms with Crippen LogP contribution in [0.25, 0.3) is 0 Å². The van der Waals surface area contributed by atoms with E-state index < -0.39 is 23.3 Å². The fraction of sp³-hybridized carbons (Fsp3) is 0.310. The topological polar surface area (TPSA) is 155 Å². The molecule has 0 saturated carbocycles. The van der Waals surface area contributed by atoms with Gasteiger partial charge in [-0.3, -0.25) is 0 Å². The molecule has 1 amide bonds. The molecule has 10 nitrogen and oxygen atoms in total. The van der Waals surface area contributed by atoms with Crippen molar-refractivity contribution in [3.8, 4) is 35.5 Å². The summed E-state index contributed by atoms with van der Waals surface area (Å²) >= 11 is 0. The number of benzene rings is 2. The molecule has 39 heavy (non-hydrogen) atoms. The van der Waals surface area contributed by atoms with Crippen molar-refractivity contribution in [1.82, 2.24) is 4.90 Å². The van der Waals surface area contributed by atoms with Crippen LogP contribution in [0.4, 0.5) is 4.79 Å². The van der Waals surface area contributed by atoms with Gasteiger partial charge in [-0.05, 0) is 28.8 Å². The number of nitrogens with zero attached hydrogens (tertiary/aromatic N) is 4. The molecule has 4 rings (SSSR count). The molecule has 2 N–H and O–H groups in total. The summed E-state index contributed by atoms with van der Waals surface area (Å²) in [7, 11) is 4.39. The highest BCUT2D eigenvalue weighted by Gasteiger charge is 2.55. The molecule has 1 heterocycles. The van der Waals surface area contributed by atoms with Crippen LogP contribution in [0.15, 0.2) is 65.4 Å². The van der Waals surface area contributed by atoms with Gasteiger partial charge in [0.2, 0.25) is 5.75 Å². The van der Waals surface area contributed by atoms with Gasteiger partial charge >= 0.3 is 6.09 Å². The van der Waals surface area contributed by atoms with E-state index in [2.05, 4.69) is 18.2 Å². The van der Waals surface area contributed by atoms with Gasteiger partial charge in [0.15, 0.2) is 16.9 Å². The highest BCUT2D eigenvalue weighted by molar-refractivity contribution is 5.70. The summed E-state index contributed by atoms with van der Waals surface area (Å²) in [5.74, 6) is -0.524. The molecule has 0 radical (unpaired) electrons. The molecule has 2 aromatic carbocycles. The standard InChI is InChI=1S/C29H27N5O5/c1-36-23-11-19(12-24(37-2)26(23)38-3)25-22-14-34(28(35)39-15-18-7-5-4-6-8-18)10-9-20(22)21(13-30)27(33)29(25,16-31)17-32/h4-9,11-12,22,25H,10,14-15,33H2,1-3H3/t22-,25+/m0/s1. The van der Waals surface area contributed by atoms with Gasteiger partial charge in [-0.1, -0.05) is 36.4 Å². The first-order valence-corrected chi connectivity index (χ1v) is 12.1. The molecule has 10 heteroatoms. The Balaban J connectivity index is 1.82.